The predicted molar refractivity (Wildman–Crippen MR) is 147 cm³/mol. The quantitative estimate of drug-likeness (QED) is 0.336. The number of hydrogen-bond acceptors (Lipinski definition) is 8. The van der Waals surface area contributed by atoms with Gasteiger partial charge in [0, 0.05) is 54.7 Å². The second-order valence-electron chi connectivity index (χ2n) is 10.4. The van der Waals surface area contributed by atoms with E-state index in [4.69, 9.17) is 21.1 Å². The highest BCUT2D eigenvalue weighted by Gasteiger charge is 2.35. The molecule has 40 heavy (non-hydrogen) atoms. The monoisotopic (exact) mass is 614 g/mol. The number of likely N-dealkylation sites (tertiary alicyclic amines) is 1. The van der Waals surface area contributed by atoms with Crippen LogP contribution in [0.15, 0.2) is 47.6 Å². The maximum absolute atomic E-state index is 15.1. The highest BCUT2D eigenvalue weighted by molar-refractivity contribution is 7.93. The summed E-state index contributed by atoms with van der Waals surface area (Å²) in [5, 5.41) is 0.576. The molecule has 2 unspecified atom stereocenters. The Morgan fingerprint density at radius 3 is 2.52 bits per heavy atom. The topological polar surface area (TPSA) is 102 Å². The number of carbonyl (C=O) groups excluding carboxylic acids is 1. The zero-order valence-electron chi connectivity index (χ0n) is 22.3. The Balaban J connectivity index is 1.56. The molecule has 1 aliphatic heterocycles. The van der Waals surface area contributed by atoms with Crippen molar-refractivity contribution in [3.63, 3.8) is 0 Å². The summed E-state index contributed by atoms with van der Waals surface area (Å²) in [6.45, 7) is 5.96. The van der Waals surface area contributed by atoms with Crippen molar-refractivity contribution in [1.29, 1.82) is 0 Å². The van der Waals surface area contributed by atoms with Gasteiger partial charge in [-0.1, -0.05) is 23.7 Å². The Morgan fingerprint density at radius 2 is 1.90 bits per heavy atom. The summed E-state index contributed by atoms with van der Waals surface area (Å²) in [6.07, 6.45) is 1.27. The molecule has 2 atom stereocenters. The number of ether oxygens (including phenoxy) is 2. The largest absolute Gasteiger partial charge is 0.490 e. The fourth-order valence-corrected chi connectivity index (χ4v) is 6.44. The van der Waals surface area contributed by atoms with E-state index < -0.39 is 44.0 Å². The highest BCUT2D eigenvalue weighted by Crippen LogP contribution is 2.36. The van der Waals surface area contributed by atoms with E-state index in [-0.39, 0.29) is 30.1 Å². The van der Waals surface area contributed by atoms with Crippen molar-refractivity contribution in [2.24, 2.45) is 5.92 Å². The lowest BCUT2D eigenvalue weighted by Crippen LogP contribution is -2.46. The molecule has 0 radical (unpaired) electrons. The molecule has 216 valence electrons. The molecule has 1 aliphatic rings. The molecule has 1 saturated heterocycles. The maximum atomic E-state index is 15.1. The number of aromatic nitrogens is 2. The lowest BCUT2D eigenvalue weighted by molar-refractivity contribution is 0.0110. The molecule has 1 amide bonds. The van der Waals surface area contributed by atoms with Crippen molar-refractivity contribution in [2.75, 3.05) is 31.0 Å². The number of hydrogen-bond donors (Lipinski definition) is 0. The smallest absolute Gasteiger partial charge is 0.410 e. The average Bonchev–Trinajstić information content (AvgIpc) is 3.43. The zero-order chi connectivity index (χ0) is 29.2. The van der Waals surface area contributed by atoms with Crippen LogP contribution in [0.3, 0.4) is 0 Å². The van der Waals surface area contributed by atoms with E-state index in [1.165, 1.54) is 7.05 Å². The molecule has 2 aromatic carbocycles. The van der Waals surface area contributed by atoms with Crippen LogP contribution >= 0.6 is 23.1 Å². The molecule has 0 N–H and O–H groups in total. The Hall–Kier alpha value is -3.03. The van der Waals surface area contributed by atoms with Crippen LogP contribution in [0.1, 0.15) is 38.7 Å². The summed E-state index contributed by atoms with van der Waals surface area (Å²) < 4.78 is 71.6. The Morgan fingerprint density at radius 1 is 1.20 bits per heavy atom. The first-order chi connectivity index (χ1) is 18.8. The number of nitrogens with zero attached hydrogens (tertiary/aromatic N) is 4. The molecule has 0 saturated carbocycles. The van der Waals surface area contributed by atoms with Crippen molar-refractivity contribution >= 4 is 44.4 Å². The molecule has 2 heterocycles. The van der Waals surface area contributed by atoms with Gasteiger partial charge in [-0.2, -0.15) is 4.37 Å². The SMILES string of the molecule is CN(c1ncns1)S(=O)(=O)c1cc(F)c(OCC2CN(C(=O)OC(C)(C)C)CCC2c2ccc(Cl)cc2)cc1F. The number of anilines is 1. The lowest BCUT2D eigenvalue weighted by Gasteiger charge is -2.39. The van der Waals surface area contributed by atoms with E-state index in [2.05, 4.69) is 9.36 Å². The highest BCUT2D eigenvalue weighted by atomic mass is 35.5. The molecule has 3 aromatic rings. The van der Waals surface area contributed by atoms with E-state index in [0.717, 1.165) is 27.7 Å². The van der Waals surface area contributed by atoms with Gasteiger partial charge in [-0.15, -0.1) is 0 Å². The average molecular weight is 615 g/mol. The first-order valence-corrected chi connectivity index (χ1v) is 15.0. The van der Waals surface area contributed by atoms with Crippen molar-refractivity contribution in [2.45, 2.75) is 43.6 Å². The molecular weight excluding hydrogens is 586 g/mol. The number of carbonyl (C=O) groups is 1. The third-order valence-electron chi connectivity index (χ3n) is 6.38. The van der Waals surface area contributed by atoms with Crippen molar-refractivity contribution in [3.05, 3.63) is 64.9 Å². The summed E-state index contributed by atoms with van der Waals surface area (Å²) in [5.74, 6) is -3.05. The minimum atomic E-state index is -4.45. The Labute approximate surface area is 240 Å². The third kappa shape index (κ3) is 6.81. The van der Waals surface area contributed by atoms with E-state index >= 15 is 8.78 Å². The molecule has 0 aliphatic carbocycles. The van der Waals surface area contributed by atoms with Gasteiger partial charge < -0.3 is 14.4 Å². The first kappa shape index (κ1) is 29.9. The van der Waals surface area contributed by atoms with Gasteiger partial charge in [-0.05, 0) is 50.8 Å². The van der Waals surface area contributed by atoms with Crippen molar-refractivity contribution in [3.8, 4) is 5.75 Å². The number of amides is 1. The van der Waals surface area contributed by atoms with Gasteiger partial charge in [0.05, 0.1) is 6.61 Å². The number of halogens is 3. The minimum absolute atomic E-state index is 0.000200. The van der Waals surface area contributed by atoms with Gasteiger partial charge in [0.1, 0.15) is 22.6 Å². The molecule has 0 bridgehead atoms. The van der Waals surface area contributed by atoms with E-state index in [0.29, 0.717) is 30.1 Å². The predicted octanol–water partition coefficient (Wildman–Crippen LogP) is 5.71. The molecule has 4 rings (SSSR count). The summed E-state index contributed by atoms with van der Waals surface area (Å²) in [7, 11) is -3.27. The number of piperidine rings is 1. The second kappa shape index (κ2) is 11.8. The van der Waals surface area contributed by atoms with Crippen LogP contribution in [-0.2, 0) is 14.8 Å². The van der Waals surface area contributed by atoms with Crippen LogP contribution < -0.4 is 9.04 Å². The Bertz CT molecular complexity index is 1450. The molecule has 9 nitrogen and oxygen atoms in total. The number of sulfonamides is 1. The maximum Gasteiger partial charge on any atom is 0.410 e. The molecule has 0 spiro atoms. The minimum Gasteiger partial charge on any atom is -0.490 e. The first-order valence-electron chi connectivity index (χ1n) is 12.4. The normalized spacial score (nSPS) is 17.9. The van der Waals surface area contributed by atoms with E-state index in [9.17, 15) is 13.2 Å². The fourth-order valence-electron chi connectivity index (χ4n) is 4.41. The summed E-state index contributed by atoms with van der Waals surface area (Å²) in [4.78, 5) is 17.3. The van der Waals surface area contributed by atoms with Crippen LogP contribution in [-0.4, -0.2) is 61.1 Å². The fraction of sp³-hybridized carbons (Fsp3) is 0.423. The molecular formula is C26H29ClF2N4O5S2. The van der Waals surface area contributed by atoms with Crippen LogP contribution in [0.2, 0.25) is 5.02 Å². The van der Waals surface area contributed by atoms with Gasteiger partial charge in [0.25, 0.3) is 10.0 Å². The third-order valence-corrected chi connectivity index (χ3v) is 9.25. The molecule has 1 aromatic heterocycles. The second-order valence-corrected chi connectivity index (χ2v) is 13.5. The summed E-state index contributed by atoms with van der Waals surface area (Å²) in [5.41, 5.74) is 0.290. The zero-order valence-corrected chi connectivity index (χ0v) is 24.7. The van der Waals surface area contributed by atoms with Gasteiger partial charge in [0.2, 0.25) is 5.13 Å². The van der Waals surface area contributed by atoms with Gasteiger partial charge in [-0.3, -0.25) is 0 Å². The van der Waals surface area contributed by atoms with E-state index in [1.807, 2.05) is 12.1 Å². The standard InChI is InChI=1S/C26H29ClF2N4O5S2/c1-26(2,3)38-25(34)33-10-9-19(16-5-7-18(27)8-6-16)17(13-33)14-37-22-11-21(29)23(12-20(22)28)40(35,36)32(4)24-30-15-31-39-24/h5-8,11-12,15,17,19H,9-10,13-14H2,1-4H3. The van der Waals surface area contributed by atoms with Gasteiger partial charge in [0.15, 0.2) is 11.6 Å². The Kier molecular flexibility index (Phi) is 8.86. The van der Waals surface area contributed by atoms with Crippen LogP contribution in [0.5, 0.6) is 5.75 Å². The van der Waals surface area contributed by atoms with Crippen molar-refractivity contribution < 1.29 is 31.5 Å². The van der Waals surface area contributed by atoms with E-state index in [1.54, 1.807) is 37.8 Å². The van der Waals surface area contributed by atoms with Crippen LogP contribution in [0.4, 0.5) is 18.7 Å². The summed E-state index contributed by atoms with van der Waals surface area (Å²) >= 11 is 6.85. The van der Waals surface area contributed by atoms with Crippen LogP contribution in [0.25, 0.3) is 0 Å². The summed E-state index contributed by atoms with van der Waals surface area (Å²) in [6, 6.07) is 8.60. The van der Waals surface area contributed by atoms with Crippen LogP contribution in [0, 0.1) is 17.6 Å². The van der Waals surface area contributed by atoms with Gasteiger partial charge >= 0.3 is 6.09 Å². The van der Waals surface area contributed by atoms with Gasteiger partial charge in [-0.25, -0.2) is 31.3 Å². The number of benzene rings is 2. The molecule has 1 fully saturated rings. The number of rotatable bonds is 7. The molecule has 14 heteroatoms. The van der Waals surface area contributed by atoms with Crippen molar-refractivity contribution in [1.82, 2.24) is 14.3 Å². The lowest BCUT2D eigenvalue weighted by atomic mass is 9.81.